The number of benzene rings is 1. The molecule has 0 amide bonds. The van der Waals surface area contributed by atoms with Crippen molar-refractivity contribution >= 4 is 12.0 Å². The van der Waals surface area contributed by atoms with Crippen molar-refractivity contribution in [3.63, 3.8) is 0 Å². The fourth-order valence-corrected chi connectivity index (χ4v) is 1.39. The Balaban J connectivity index is 2.76. The van der Waals surface area contributed by atoms with Gasteiger partial charge in [0.05, 0.1) is 13.2 Å². The number of rotatable bonds is 7. The van der Waals surface area contributed by atoms with Gasteiger partial charge in [0.25, 0.3) is 0 Å². The summed E-state index contributed by atoms with van der Waals surface area (Å²) in [5, 5.41) is 0. The lowest BCUT2D eigenvalue weighted by Gasteiger charge is -2.09. The van der Waals surface area contributed by atoms with Crippen molar-refractivity contribution in [2.75, 3.05) is 13.2 Å². The largest absolute Gasteiger partial charge is 0.487 e. The molecule has 98 valence electrons. The summed E-state index contributed by atoms with van der Waals surface area (Å²) >= 11 is 0. The van der Waals surface area contributed by atoms with Gasteiger partial charge >= 0.3 is 5.97 Å². The minimum absolute atomic E-state index is 0.275. The van der Waals surface area contributed by atoms with Gasteiger partial charge in [0.1, 0.15) is 0 Å². The summed E-state index contributed by atoms with van der Waals surface area (Å²) in [5.41, 5.74) is 0.928. The van der Waals surface area contributed by atoms with Crippen molar-refractivity contribution in [2.45, 2.75) is 26.7 Å². The first-order valence-corrected chi connectivity index (χ1v) is 6.34. The molecule has 0 heterocycles. The van der Waals surface area contributed by atoms with Crippen LogP contribution in [0.3, 0.4) is 0 Å². The number of ether oxygens (including phenoxy) is 2. The topological polar surface area (TPSA) is 35.5 Å². The van der Waals surface area contributed by atoms with Crippen LogP contribution < -0.4 is 0 Å². The number of unbranched alkanes of at least 4 members (excludes halogenated alkanes) is 1. The second kappa shape index (κ2) is 8.34. The first kappa shape index (κ1) is 14.3. The van der Waals surface area contributed by atoms with E-state index in [1.807, 2.05) is 30.3 Å². The van der Waals surface area contributed by atoms with Crippen LogP contribution in [0.4, 0.5) is 0 Å². The van der Waals surface area contributed by atoms with Crippen LogP contribution in [0.25, 0.3) is 6.08 Å². The van der Waals surface area contributed by atoms with E-state index in [1.54, 1.807) is 13.0 Å². The number of esters is 1. The molecule has 0 unspecified atom stereocenters. The average Bonchev–Trinajstić information content (AvgIpc) is 2.39. The van der Waals surface area contributed by atoms with Crippen LogP contribution in [0.5, 0.6) is 0 Å². The quantitative estimate of drug-likeness (QED) is 0.321. The highest BCUT2D eigenvalue weighted by atomic mass is 16.6. The van der Waals surface area contributed by atoms with E-state index in [1.165, 1.54) is 0 Å². The van der Waals surface area contributed by atoms with E-state index in [2.05, 4.69) is 6.92 Å². The van der Waals surface area contributed by atoms with Gasteiger partial charge in [-0.3, -0.25) is 0 Å². The average molecular weight is 248 g/mol. The summed E-state index contributed by atoms with van der Waals surface area (Å²) < 4.78 is 10.5. The van der Waals surface area contributed by atoms with E-state index < -0.39 is 5.97 Å². The molecule has 0 aliphatic carbocycles. The van der Waals surface area contributed by atoms with Crippen LogP contribution in [-0.2, 0) is 14.3 Å². The van der Waals surface area contributed by atoms with Crippen molar-refractivity contribution in [1.82, 2.24) is 0 Å². The standard InChI is InChI=1S/C15H20O3/c1-3-5-11-18-14(15(16)17-4-2)12-13-9-7-6-8-10-13/h6-10,12H,3-5,11H2,1-2H3/b14-12+. The van der Waals surface area contributed by atoms with Crippen LogP contribution in [0.15, 0.2) is 36.1 Å². The molecule has 0 spiro atoms. The fraction of sp³-hybridized carbons (Fsp3) is 0.400. The molecular formula is C15H20O3. The highest BCUT2D eigenvalue weighted by molar-refractivity contribution is 5.91. The molecule has 0 bridgehead atoms. The highest BCUT2D eigenvalue weighted by Gasteiger charge is 2.11. The van der Waals surface area contributed by atoms with Gasteiger partial charge in [-0.05, 0) is 25.0 Å². The highest BCUT2D eigenvalue weighted by Crippen LogP contribution is 2.10. The zero-order valence-electron chi connectivity index (χ0n) is 11.0. The Morgan fingerprint density at radius 1 is 1.17 bits per heavy atom. The van der Waals surface area contributed by atoms with Crippen LogP contribution in [-0.4, -0.2) is 19.2 Å². The SMILES string of the molecule is CCCCO/C(=C/c1ccccc1)C(=O)OCC. The predicted octanol–water partition coefficient (Wildman–Crippen LogP) is 3.41. The lowest BCUT2D eigenvalue weighted by molar-refractivity contribution is -0.142. The van der Waals surface area contributed by atoms with Crippen molar-refractivity contribution in [1.29, 1.82) is 0 Å². The third-order valence-corrected chi connectivity index (χ3v) is 2.33. The maximum atomic E-state index is 11.7. The fourth-order valence-electron chi connectivity index (χ4n) is 1.39. The Kier molecular flexibility index (Phi) is 6.62. The van der Waals surface area contributed by atoms with E-state index in [0.717, 1.165) is 18.4 Å². The summed E-state index contributed by atoms with van der Waals surface area (Å²) in [5.74, 6) is -0.131. The van der Waals surface area contributed by atoms with E-state index in [9.17, 15) is 4.79 Å². The van der Waals surface area contributed by atoms with Gasteiger partial charge in [-0.15, -0.1) is 0 Å². The summed E-state index contributed by atoms with van der Waals surface area (Å²) in [4.78, 5) is 11.7. The number of carbonyl (C=O) groups is 1. The Bertz CT molecular complexity index is 382. The minimum atomic E-state index is -0.405. The third-order valence-electron chi connectivity index (χ3n) is 2.33. The van der Waals surface area contributed by atoms with E-state index in [0.29, 0.717) is 13.2 Å². The molecule has 3 heteroatoms. The van der Waals surface area contributed by atoms with Crippen molar-refractivity contribution in [3.05, 3.63) is 41.7 Å². The molecule has 0 atom stereocenters. The third kappa shape index (κ3) is 5.04. The monoisotopic (exact) mass is 248 g/mol. The molecule has 0 N–H and O–H groups in total. The molecule has 0 aromatic heterocycles. The van der Waals surface area contributed by atoms with Crippen LogP contribution in [0.1, 0.15) is 32.3 Å². The summed E-state index contributed by atoms with van der Waals surface area (Å²) in [6, 6.07) is 9.60. The van der Waals surface area contributed by atoms with E-state index in [4.69, 9.17) is 9.47 Å². The molecule has 3 nitrogen and oxygen atoms in total. The summed E-state index contributed by atoms with van der Waals surface area (Å²) in [6.07, 6.45) is 3.67. The molecule has 0 aliphatic rings. The Morgan fingerprint density at radius 2 is 1.89 bits per heavy atom. The first-order valence-electron chi connectivity index (χ1n) is 6.34. The number of carbonyl (C=O) groups excluding carboxylic acids is 1. The molecule has 1 rings (SSSR count). The molecule has 1 aromatic rings. The van der Waals surface area contributed by atoms with Gasteiger partial charge in [-0.25, -0.2) is 4.79 Å². The smallest absolute Gasteiger partial charge is 0.373 e. The zero-order valence-corrected chi connectivity index (χ0v) is 11.0. The van der Waals surface area contributed by atoms with Gasteiger partial charge in [0, 0.05) is 0 Å². The summed E-state index contributed by atoms with van der Waals surface area (Å²) in [6.45, 7) is 4.74. The zero-order chi connectivity index (χ0) is 13.2. The number of hydrogen-bond acceptors (Lipinski definition) is 3. The molecule has 0 fully saturated rings. The van der Waals surface area contributed by atoms with Crippen molar-refractivity contribution in [2.24, 2.45) is 0 Å². The second-order valence-electron chi connectivity index (χ2n) is 3.84. The van der Waals surface area contributed by atoms with Gasteiger partial charge in [0.15, 0.2) is 0 Å². The maximum absolute atomic E-state index is 11.7. The Hall–Kier alpha value is -1.77. The lowest BCUT2D eigenvalue weighted by Crippen LogP contribution is -2.11. The maximum Gasteiger partial charge on any atom is 0.373 e. The molecule has 0 saturated heterocycles. The molecule has 0 radical (unpaired) electrons. The summed E-state index contributed by atoms with van der Waals surface area (Å²) in [7, 11) is 0. The van der Waals surface area contributed by atoms with Crippen molar-refractivity contribution in [3.8, 4) is 0 Å². The predicted molar refractivity (Wildman–Crippen MR) is 71.9 cm³/mol. The van der Waals surface area contributed by atoms with Gasteiger partial charge in [-0.2, -0.15) is 0 Å². The lowest BCUT2D eigenvalue weighted by atomic mass is 10.2. The number of hydrogen-bond donors (Lipinski definition) is 0. The van der Waals surface area contributed by atoms with Gasteiger partial charge < -0.3 is 9.47 Å². The molecular weight excluding hydrogens is 228 g/mol. The first-order chi connectivity index (χ1) is 8.77. The van der Waals surface area contributed by atoms with Crippen LogP contribution in [0, 0.1) is 0 Å². The van der Waals surface area contributed by atoms with Gasteiger partial charge in [-0.1, -0.05) is 43.7 Å². The second-order valence-corrected chi connectivity index (χ2v) is 3.84. The van der Waals surface area contributed by atoms with Crippen LogP contribution >= 0.6 is 0 Å². The molecule has 18 heavy (non-hydrogen) atoms. The Morgan fingerprint density at radius 3 is 2.50 bits per heavy atom. The Labute approximate surface area is 108 Å². The minimum Gasteiger partial charge on any atom is -0.487 e. The van der Waals surface area contributed by atoms with Gasteiger partial charge in [0.2, 0.25) is 5.76 Å². The van der Waals surface area contributed by atoms with E-state index >= 15 is 0 Å². The van der Waals surface area contributed by atoms with Crippen molar-refractivity contribution < 1.29 is 14.3 Å². The molecule has 0 saturated carbocycles. The molecule has 1 aromatic carbocycles. The normalized spacial score (nSPS) is 11.1. The van der Waals surface area contributed by atoms with Crippen LogP contribution in [0.2, 0.25) is 0 Å². The molecule has 0 aliphatic heterocycles. The van der Waals surface area contributed by atoms with E-state index in [-0.39, 0.29) is 5.76 Å².